The Labute approximate surface area is 186 Å². The number of fused-ring (bicyclic) bond motifs is 2. The molecular formula is C27H25NO4. The minimum Gasteiger partial charge on any atom is -0.489 e. The summed E-state index contributed by atoms with van der Waals surface area (Å²) < 4.78 is 6.12. The van der Waals surface area contributed by atoms with Gasteiger partial charge in [0.15, 0.2) is 5.78 Å². The Morgan fingerprint density at radius 1 is 0.938 bits per heavy atom. The molecule has 0 aliphatic heterocycles. The van der Waals surface area contributed by atoms with Crippen molar-refractivity contribution in [3.8, 4) is 5.75 Å². The van der Waals surface area contributed by atoms with E-state index in [1.54, 1.807) is 0 Å². The van der Waals surface area contributed by atoms with Gasteiger partial charge in [0.1, 0.15) is 23.9 Å². The maximum Gasteiger partial charge on any atom is 0.166 e. The van der Waals surface area contributed by atoms with E-state index in [2.05, 4.69) is 11.1 Å². The zero-order chi connectivity index (χ0) is 22.1. The summed E-state index contributed by atoms with van der Waals surface area (Å²) in [5.41, 5.74) is 3.53. The topological polar surface area (TPSA) is 73.3 Å². The third-order valence-corrected chi connectivity index (χ3v) is 6.71. The molecule has 1 heterocycles. The summed E-state index contributed by atoms with van der Waals surface area (Å²) in [5, 5.41) is 1.06. The normalized spacial score (nSPS) is 20.9. The van der Waals surface area contributed by atoms with Gasteiger partial charge in [-0.1, -0.05) is 30.3 Å². The van der Waals surface area contributed by atoms with Gasteiger partial charge in [0.05, 0.1) is 5.52 Å². The highest BCUT2D eigenvalue weighted by Gasteiger charge is 2.36. The molecule has 0 N–H and O–H groups in total. The lowest BCUT2D eigenvalue weighted by Gasteiger charge is -2.16. The van der Waals surface area contributed by atoms with E-state index in [1.807, 2.05) is 48.7 Å². The van der Waals surface area contributed by atoms with Gasteiger partial charge in [0, 0.05) is 59.4 Å². The van der Waals surface area contributed by atoms with Crippen LogP contribution in [0, 0.1) is 11.8 Å². The Kier molecular flexibility index (Phi) is 5.56. The highest BCUT2D eigenvalue weighted by molar-refractivity contribution is 6.03. The van der Waals surface area contributed by atoms with Crippen LogP contribution in [0.2, 0.25) is 0 Å². The third kappa shape index (κ3) is 4.07. The smallest absolute Gasteiger partial charge is 0.166 e. The minimum atomic E-state index is -0.223. The molecule has 1 aromatic heterocycles. The maximum absolute atomic E-state index is 13.1. The highest BCUT2D eigenvalue weighted by Crippen LogP contribution is 2.38. The van der Waals surface area contributed by atoms with Crippen molar-refractivity contribution < 1.29 is 19.1 Å². The number of rotatable bonds is 5. The van der Waals surface area contributed by atoms with Crippen molar-refractivity contribution in [2.75, 3.05) is 0 Å². The van der Waals surface area contributed by atoms with Gasteiger partial charge in [-0.25, -0.2) is 0 Å². The van der Waals surface area contributed by atoms with Crippen molar-refractivity contribution in [3.63, 3.8) is 0 Å². The molecule has 0 saturated heterocycles. The predicted octanol–water partition coefficient (Wildman–Crippen LogP) is 4.89. The van der Waals surface area contributed by atoms with Gasteiger partial charge in [-0.3, -0.25) is 19.4 Å². The van der Waals surface area contributed by atoms with E-state index >= 15 is 0 Å². The van der Waals surface area contributed by atoms with Crippen LogP contribution < -0.4 is 4.74 Å². The third-order valence-electron chi connectivity index (χ3n) is 6.71. The number of hydrogen-bond acceptors (Lipinski definition) is 5. The van der Waals surface area contributed by atoms with Gasteiger partial charge in [0.25, 0.3) is 0 Å². The number of Topliss-reactive ketones (excluding diaryl/α,β-unsaturated/α-hetero) is 3. The van der Waals surface area contributed by atoms with Crippen LogP contribution in [0.4, 0.5) is 0 Å². The van der Waals surface area contributed by atoms with E-state index in [9.17, 15) is 14.4 Å². The number of aromatic nitrogens is 1. The van der Waals surface area contributed by atoms with Crippen LogP contribution in [0.1, 0.15) is 53.6 Å². The van der Waals surface area contributed by atoms with Crippen molar-refractivity contribution in [2.45, 2.75) is 45.1 Å². The second-order valence-electron chi connectivity index (χ2n) is 8.85. The minimum absolute atomic E-state index is 0.0844. The van der Waals surface area contributed by atoms with E-state index in [4.69, 9.17) is 4.74 Å². The van der Waals surface area contributed by atoms with Gasteiger partial charge in [0.2, 0.25) is 0 Å². The van der Waals surface area contributed by atoms with Crippen LogP contribution >= 0.6 is 0 Å². The second-order valence-corrected chi connectivity index (χ2v) is 8.85. The van der Waals surface area contributed by atoms with Crippen molar-refractivity contribution in [3.05, 3.63) is 71.4 Å². The number of hydrogen-bond donors (Lipinski definition) is 0. The summed E-state index contributed by atoms with van der Waals surface area (Å²) in [6.07, 6.45) is 4.58. The van der Waals surface area contributed by atoms with Gasteiger partial charge in [-0.15, -0.1) is 0 Å². The average molecular weight is 428 g/mol. The molecule has 2 aliphatic rings. The Bertz CT molecular complexity index is 1220. The number of nitrogens with zero attached hydrogens (tertiary/aromatic N) is 1. The lowest BCUT2D eigenvalue weighted by atomic mass is 9.86. The fourth-order valence-electron chi connectivity index (χ4n) is 4.93. The molecule has 5 nitrogen and oxygen atoms in total. The van der Waals surface area contributed by atoms with Gasteiger partial charge in [-0.2, -0.15) is 0 Å². The molecule has 5 rings (SSSR count). The number of carbonyl (C=O) groups is 3. The molecule has 0 spiro atoms. The van der Waals surface area contributed by atoms with Crippen LogP contribution in [-0.2, 0) is 22.6 Å². The molecule has 2 atom stereocenters. The van der Waals surface area contributed by atoms with Crippen LogP contribution in [0.5, 0.6) is 5.75 Å². The quantitative estimate of drug-likeness (QED) is 0.542. The lowest BCUT2D eigenvalue weighted by molar-refractivity contribution is -0.124. The Hall–Kier alpha value is -3.34. The van der Waals surface area contributed by atoms with Crippen LogP contribution in [0.3, 0.4) is 0 Å². The van der Waals surface area contributed by atoms with E-state index in [1.165, 1.54) is 0 Å². The average Bonchev–Trinajstić information content (AvgIpc) is 3.04. The maximum atomic E-state index is 13.1. The molecule has 2 unspecified atom stereocenters. The summed E-state index contributed by atoms with van der Waals surface area (Å²) in [4.78, 5) is 41.7. The molecule has 3 aromatic rings. The Balaban J connectivity index is 1.30. The number of pyridine rings is 1. The monoisotopic (exact) mass is 427 g/mol. The summed E-state index contributed by atoms with van der Waals surface area (Å²) in [6, 6.07) is 15.6. The number of para-hydroxylation sites is 1. The molecule has 0 amide bonds. The number of ketones is 3. The zero-order valence-electron chi connectivity index (χ0n) is 17.9. The van der Waals surface area contributed by atoms with Crippen LogP contribution in [0.15, 0.2) is 54.7 Å². The summed E-state index contributed by atoms with van der Waals surface area (Å²) in [7, 11) is 0. The molecular weight excluding hydrogens is 402 g/mol. The molecule has 5 heteroatoms. The zero-order valence-corrected chi connectivity index (χ0v) is 17.9. The Morgan fingerprint density at radius 2 is 1.81 bits per heavy atom. The SMILES string of the molecule is O=C1CCC(=O)C(CC2Cc3c(OCc4cnc5ccccc5c4)cccc3C2=O)CC1. The molecule has 2 aromatic carbocycles. The summed E-state index contributed by atoms with van der Waals surface area (Å²) in [6.45, 7) is 0.371. The standard InChI is InChI=1S/C27H25NO4/c29-21-9-8-19(25(30)11-10-21)13-20-14-23-22(27(20)31)5-3-7-26(23)32-16-17-12-18-4-1-2-6-24(18)28-15-17/h1-7,12,15,19-20H,8-11,13-14,16H2. The molecule has 1 fully saturated rings. The lowest BCUT2D eigenvalue weighted by Crippen LogP contribution is -2.20. The second kappa shape index (κ2) is 8.65. The molecule has 2 aliphatic carbocycles. The fourth-order valence-corrected chi connectivity index (χ4v) is 4.93. The van der Waals surface area contributed by atoms with Crippen molar-refractivity contribution in [2.24, 2.45) is 11.8 Å². The van der Waals surface area contributed by atoms with E-state index < -0.39 is 0 Å². The molecule has 162 valence electrons. The molecule has 0 bridgehead atoms. The number of carbonyl (C=O) groups excluding carboxylic acids is 3. The van der Waals surface area contributed by atoms with Gasteiger partial charge < -0.3 is 4.74 Å². The van der Waals surface area contributed by atoms with E-state index in [0.29, 0.717) is 56.4 Å². The van der Waals surface area contributed by atoms with Crippen LogP contribution in [-0.4, -0.2) is 22.3 Å². The van der Waals surface area contributed by atoms with Crippen LogP contribution in [0.25, 0.3) is 10.9 Å². The van der Waals surface area contributed by atoms with E-state index in [-0.39, 0.29) is 29.2 Å². The molecule has 0 radical (unpaired) electrons. The number of benzene rings is 2. The predicted molar refractivity (Wildman–Crippen MR) is 121 cm³/mol. The van der Waals surface area contributed by atoms with Gasteiger partial charge >= 0.3 is 0 Å². The first-order chi connectivity index (χ1) is 15.6. The first-order valence-electron chi connectivity index (χ1n) is 11.3. The fraction of sp³-hybridized carbons (Fsp3) is 0.333. The van der Waals surface area contributed by atoms with Crippen molar-refractivity contribution in [1.82, 2.24) is 4.98 Å². The van der Waals surface area contributed by atoms with Crippen molar-refractivity contribution >= 4 is 28.3 Å². The largest absolute Gasteiger partial charge is 0.489 e. The number of ether oxygens (including phenoxy) is 1. The van der Waals surface area contributed by atoms with E-state index in [0.717, 1.165) is 22.0 Å². The first kappa shape index (κ1) is 20.6. The first-order valence-corrected chi connectivity index (χ1v) is 11.3. The van der Waals surface area contributed by atoms with Crippen molar-refractivity contribution in [1.29, 1.82) is 0 Å². The summed E-state index contributed by atoms with van der Waals surface area (Å²) >= 11 is 0. The highest BCUT2D eigenvalue weighted by atomic mass is 16.5. The molecule has 1 saturated carbocycles. The Morgan fingerprint density at radius 3 is 2.72 bits per heavy atom. The molecule has 32 heavy (non-hydrogen) atoms. The summed E-state index contributed by atoms with van der Waals surface area (Å²) in [5.74, 6) is 0.660. The van der Waals surface area contributed by atoms with Gasteiger partial charge in [-0.05, 0) is 37.5 Å².